The average Bonchev–Trinajstić information content (AvgIpc) is 2.60. The summed E-state index contributed by atoms with van der Waals surface area (Å²) in [5.41, 5.74) is 3.59. The summed E-state index contributed by atoms with van der Waals surface area (Å²) in [6.45, 7) is 5.56. The minimum absolute atomic E-state index is 0.0212. The van der Waals surface area contributed by atoms with Gasteiger partial charge in [0.25, 0.3) is 0 Å². The highest BCUT2D eigenvalue weighted by Crippen LogP contribution is 2.24. The van der Waals surface area contributed by atoms with Gasteiger partial charge in [-0.05, 0) is 44.5 Å². The number of nitrogens with zero attached hydrogens (tertiary/aromatic N) is 1. The maximum atomic E-state index is 12.7. The van der Waals surface area contributed by atoms with Gasteiger partial charge < -0.3 is 9.64 Å². The minimum Gasteiger partial charge on any atom is -0.496 e. The van der Waals surface area contributed by atoms with Crippen molar-refractivity contribution in [1.29, 1.82) is 0 Å². The van der Waals surface area contributed by atoms with Gasteiger partial charge >= 0.3 is 0 Å². The van der Waals surface area contributed by atoms with Crippen LogP contribution in [0.3, 0.4) is 0 Å². The second-order valence-electron chi connectivity index (χ2n) is 6.35. The molecule has 0 aromatic heterocycles. The molecule has 4 nitrogen and oxygen atoms in total. The van der Waals surface area contributed by atoms with Crippen LogP contribution >= 0.6 is 0 Å². The number of Topliss-reactive ketones (excluding diaryl/α,β-unsaturated/α-hetero) is 1. The van der Waals surface area contributed by atoms with Crippen molar-refractivity contribution in [3.05, 3.63) is 64.7 Å². The summed E-state index contributed by atoms with van der Waals surface area (Å²) in [5, 5.41) is 0. The van der Waals surface area contributed by atoms with Gasteiger partial charge in [0.2, 0.25) is 5.91 Å². The third-order valence-corrected chi connectivity index (χ3v) is 4.56. The number of likely N-dealkylation sites (N-methyl/N-ethyl adjacent to an activating group) is 1. The van der Waals surface area contributed by atoms with Crippen LogP contribution in [-0.2, 0) is 11.2 Å². The predicted octanol–water partition coefficient (Wildman–Crippen LogP) is 3.97. The second-order valence-corrected chi connectivity index (χ2v) is 6.35. The number of rotatable bonds is 6. The fraction of sp³-hybridized carbons (Fsp3) is 0.333. The Morgan fingerprint density at radius 1 is 1.12 bits per heavy atom. The lowest BCUT2D eigenvalue weighted by atomic mass is 10.0. The van der Waals surface area contributed by atoms with Crippen molar-refractivity contribution in [2.24, 2.45) is 0 Å². The van der Waals surface area contributed by atoms with Crippen molar-refractivity contribution in [3.63, 3.8) is 0 Å². The van der Waals surface area contributed by atoms with Crippen molar-refractivity contribution < 1.29 is 14.3 Å². The van der Waals surface area contributed by atoms with Gasteiger partial charge in [0.1, 0.15) is 5.75 Å². The minimum atomic E-state index is -0.0323. The van der Waals surface area contributed by atoms with E-state index in [2.05, 4.69) is 0 Å². The first kappa shape index (κ1) is 18.7. The summed E-state index contributed by atoms with van der Waals surface area (Å²) in [5.74, 6) is 0.569. The van der Waals surface area contributed by atoms with Gasteiger partial charge in [0.15, 0.2) is 5.78 Å². The maximum Gasteiger partial charge on any atom is 0.227 e. The first-order valence-electron chi connectivity index (χ1n) is 8.33. The Kier molecular flexibility index (Phi) is 5.97. The molecule has 0 radical (unpaired) electrons. The number of aryl methyl sites for hydroxylation is 1. The number of hydrogen-bond donors (Lipinski definition) is 0. The Morgan fingerprint density at radius 3 is 2.32 bits per heavy atom. The second kappa shape index (κ2) is 7.97. The Morgan fingerprint density at radius 2 is 1.76 bits per heavy atom. The molecular formula is C21H25NO3. The van der Waals surface area contributed by atoms with E-state index in [1.807, 2.05) is 38.1 Å². The average molecular weight is 339 g/mol. The molecule has 0 saturated carbocycles. The normalized spacial score (nSPS) is 11.7. The molecule has 0 aliphatic rings. The highest BCUT2D eigenvalue weighted by atomic mass is 16.5. The van der Waals surface area contributed by atoms with Crippen LogP contribution in [0.5, 0.6) is 5.75 Å². The molecule has 2 aromatic carbocycles. The third-order valence-electron chi connectivity index (χ3n) is 4.56. The van der Waals surface area contributed by atoms with Crippen LogP contribution in [0.4, 0.5) is 0 Å². The molecule has 25 heavy (non-hydrogen) atoms. The van der Waals surface area contributed by atoms with E-state index in [9.17, 15) is 9.59 Å². The van der Waals surface area contributed by atoms with E-state index in [0.29, 0.717) is 11.3 Å². The van der Waals surface area contributed by atoms with Crippen LogP contribution in [0.15, 0.2) is 42.5 Å². The standard InChI is InChI=1S/C21H25NO3/c1-14-6-8-17(9-7-14)15(2)22(4)21(24)13-19-12-18(16(3)23)10-11-20(19)25-5/h6-12,15H,13H2,1-5H3. The molecular weight excluding hydrogens is 314 g/mol. The van der Waals surface area contributed by atoms with E-state index < -0.39 is 0 Å². The van der Waals surface area contributed by atoms with E-state index in [0.717, 1.165) is 11.1 Å². The molecule has 0 N–H and O–H groups in total. The molecule has 2 rings (SSSR count). The van der Waals surface area contributed by atoms with Crippen LogP contribution in [0.25, 0.3) is 0 Å². The van der Waals surface area contributed by atoms with E-state index in [1.165, 1.54) is 12.5 Å². The number of methoxy groups -OCH3 is 1. The summed E-state index contributed by atoms with van der Waals surface area (Å²) in [6.07, 6.45) is 0.191. The molecule has 0 aliphatic carbocycles. The Hall–Kier alpha value is -2.62. The molecule has 132 valence electrons. The van der Waals surface area contributed by atoms with E-state index in [1.54, 1.807) is 37.3 Å². The number of carbonyl (C=O) groups excluding carboxylic acids is 2. The third kappa shape index (κ3) is 4.47. The van der Waals surface area contributed by atoms with Gasteiger partial charge in [-0.1, -0.05) is 29.8 Å². The summed E-state index contributed by atoms with van der Waals surface area (Å²) in [6, 6.07) is 13.3. The number of benzene rings is 2. The zero-order chi connectivity index (χ0) is 18.6. The molecule has 0 aliphatic heterocycles. The lowest BCUT2D eigenvalue weighted by Gasteiger charge is -2.26. The van der Waals surface area contributed by atoms with Crippen molar-refractivity contribution in [3.8, 4) is 5.75 Å². The predicted molar refractivity (Wildman–Crippen MR) is 99.1 cm³/mol. The molecule has 4 heteroatoms. The SMILES string of the molecule is COc1ccc(C(C)=O)cc1CC(=O)N(C)C(C)c1ccc(C)cc1. The van der Waals surface area contributed by atoms with Gasteiger partial charge in [-0.2, -0.15) is 0 Å². The van der Waals surface area contributed by atoms with Crippen LogP contribution in [0.2, 0.25) is 0 Å². The monoisotopic (exact) mass is 339 g/mol. The van der Waals surface area contributed by atoms with E-state index >= 15 is 0 Å². The molecule has 1 amide bonds. The molecule has 0 saturated heterocycles. The zero-order valence-electron chi connectivity index (χ0n) is 15.5. The Labute approximate surface area is 149 Å². The lowest BCUT2D eigenvalue weighted by molar-refractivity contribution is -0.131. The zero-order valence-corrected chi connectivity index (χ0v) is 15.5. The molecule has 2 aromatic rings. The molecule has 0 spiro atoms. The van der Waals surface area contributed by atoms with Gasteiger partial charge in [-0.25, -0.2) is 0 Å². The van der Waals surface area contributed by atoms with Crippen molar-refractivity contribution >= 4 is 11.7 Å². The topological polar surface area (TPSA) is 46.6 Å². The van der Waals surface area contributed by atoms with Crippen LogP contribution in [0.1, 0.15) is 46.9 Å². The fourth-order valence-corrected chi connectivity index (χ4v) is 2.71. The summed E-state index contributed by atoms with van der Waals surface area (Å²) >= 11 is 0. The van der Waals surface area contributed by atoms with Gasteiger partial charge in [0.05, 0.1) is 19.6 Å². The molecule has 0 bridgehead atoms. The molecule has 1 atom stereocenters. The van der Waals surface area contributed by atoms with E-state index in [-0.39, 0.29) is 24.2 Å². The number of hydrogen-bond acceptors (Lipinski definition) is 3. The number of ketones is 1. The molecule has 0 fully saturated rings. The summed E-state index contributed by atoms with van der Waals surface area (Å²) in [4.78, 5) is 26.1. The molecule has 1 unspecified atom stereocenters. The highest BCUT2D eigenvalue weighted by Gasteiger charge is 2.19. The van der Waals surface area contributed by atoms with Crippen molar-refractivity contribution in [1.82, 2.24) is 4.90 Å². The number of amides is 1. The summed E-state index contributed by atoms with van der Waals surface area (Å²) < 4.78 is 5.34. The highest BCUT2D eigenvalue weighted by molar-refractivity contribution is 5.94. The Bertz CT molecular complexity index is 765. The first-order chi connectivity index (χ1) is 11.8. The number of carbonyl (C=O) groups is 2. The quantitative estimate of drug-likeness (QED) is 0.748. The van der Waals surface area contributed by atoms with Crippen LogP contribution in [-0.4, -0.2) is 30.7 Å². The fourth-order valence-electron chi connectivity index (χ4n) is 2.71. The molecule has 0 heterocycles. The van der Waals surface area contributed by atoms with Gasteiger partial charge in [0, 0.05) is 18.2 Å². The van der Waals surface area contributed by atoms with Crippen LogP contribution in [0, 0.1) is 6.92 Å². The first-order valence-corrected chi connectivity index (χ1v) is 8.33. The van der Waals surface area contributed by atoms with Gasteiger partial charge in [-0.15, -0.1) is 0 Å². The van der Waals surface area contributed by atoms with Gasteiger partial charge in [-0.3, -0.25) is 9.59 Å². The van der Waals surface area contributed by atoms with Crippen molar-refractivity contribution in [2.75, 3.05) is 14.2 Å². The maximum absolute atomic E-state index is 12.7. The smallest absolute Gasteiger partial charge is 0.227 e. The largest absolute Gasteiger partial charge is 0.496 e. The van der Waals surface area contributed by atoms with Crippen molar-refractivity contribution in [2.45, 2.75) is 33.2 Å². The van der Waals surface area contributed by atoms with E-state index in [4.69, 9.17) is 4.74 Å². The van der Waals surface area contributed by atoms with Crippen LogP contribution < -0.4 is 4.74 Å². The lowest BCUT2D eigenvalue weighted by Crippen LogP contribution is -2.31. The Balaban J connectivity index is 2.19. The summed E-state index contributed by atoms with van der Waals surface area (Å²) in [7, 11) is 3.36. The number of ether oxygens (including phenoxy) is 1.